The quantitative estimate of drug-likeness (QED) is 0.113. The zero-order valence-corrected chi connectivity index (χ0v) is 28.3. The van der Waals surface area contributed by atoms with E-state index in [4.69, 9.17) is 23.7 Å². The van der Waals surface area contributed by atoms with Gasteiger partial charge in [-0.25, -0.2) is 4.79 Å². The highest BCUT2D eigenvalue weighted by molar-refractivity contribution is 7.99. The lowest BCUT2D eigenvalue weighted by atomic mass is 9.87. The summed E-state index contributed by atoms with van der Waals surface area (Å²) in [7, 11) is 3.35. The summed E-state index contributed by atoms with van der Waals surface area (Å²) in [4.78, 5) is 16.1. The molecule has 1 fully saturated rings. The van der Waals surface area contributed by atoms with Gasteiger partial charge in [-0.05, 0) is 69.5 Å². The van der Waals surface area contributed by atoms with Gasteiger partial charge in [0.05, 0.1) is 40.1 Å². The van der Waals surface area contributed by atoms with Crippen LogP contribution in [0, 0.1) is 0 Å². The molecule has 1 aliphatic rings. The Morgan fingerprint density at radius 1 is 0.913 bits per heavy atom. The van der Waals surface area contributed by atoms with Crippen molar-refractivity contribution >= 4 is 28.6 Å². The minimum Gasteiger partial charge on any atom is -0.496 e. The molecule has 8 heteroatoms. The van der Waals surface area contributed by atoms with Gasteiger partial charge in [0, 0.05) is 39.4 Å². The van der Waals surface area contributed by atoms with Gasteiger partial charge in [0.25, 0.3) is 0 Å². The topological polar surface area (TPSA) is 66.5 Å². The molecule has 7 nitrogen and oxygen atoms in total. The van der Waals surface area contributed by atoms with Gasteiger partial charge < -0.3 is 28.6 Å². The molecular formula is C38H45NO6S. The Labute approximate surface area is 277 Å². The lowest BCUT2D eigenvalue weighted by Gasteiger charge is -2.39. The van der Waals surface area contributed by atoms with Crippen LogP contribution in [0.5, 0.6) is 17.2 Å². The minimum absolute atomic E-state index is 0.0864. The highest BCUT2D eigenvalue weighted by Gasteiger charge is 2.35. The zero-order chi connectivity index (χ0) is 32.5. The van der Waals surface area contributed by atoms with E-state index in [1.807, 2.05) is 81.1 Å². The summed E-state index contributed by atoms with van der Waals surface area (Å²) in [5.74, 6) is 3.47. The van der Waals surface area contributed by atoms with Gasteiger partial charge in [-0.15, -0.1) is 11.8 Å². The summed E-state index contributed by atoms with van der Waals surface area (Å²) in [6.07, 6.45) is 1.13. The molecule has 5 rings (SSSR count). The van der Waals surface area contributed by atoms with Crippen LogP contribution in [0.15, 0.2) is 89.8 Å². The second kappa shape index (κ2) is 15.6. The first-order valence-corrected chi connectivity index (χ1v) is 16.9. The number of piperidine rings is 1. The summed E-state index contributed by atoms with van der Waals surface area (Å²) in [6.45, 7) is 7.63. The van der Waals surface area contributed by atoms with Crippen LogP contribution in [0.2, 0.25) is 0 Å². The zero-order valence-electron chi connectivity index (χ0n) is 27.5. The predicted molar refractivity (Wildman–Crippen MR) is 185 cm³/mol. The molecule has 0 bridgehead atoms. The van der Waals surface area contributed by atoms with E-state index in [1.54, 1.807) is 19.1 Å². The van der Waals surface area contributed by atoms with Crippen LogP contribution in [-0.2, 0) is 16.1 Å². The average molecular weight is 644 g/mol. The van der Waals surface area contributed by atoms with Crippen molar-refractivity contribution in [1.29, 1.82) is 0 Å². The molecule has 0 radical (unpaired) electrons. The standard InChI is InChI=1S/C38H45NO6S/c1-38(2,3)45-37(40)39-21-20-31(27-16-18-29(19-17-27)43-22-11-23-46-30-12-7-6-8-13-30)35(25-39)44-26-28-24-34(41-4)32-14-9-10-15-33(32)36(28)42-5/h6-10,12-19,24,31,35H,11,20-23,25-26H2,1-5H3. The number of benzene rings is 4. The van der Waals surface area contributed by atoms with Gasteiger partial charge in [-0.2, -0.15) is 0 Å². The Bertz CT molecular complexity index is 1570. The molecule has 46 heavy (non-hydrogen) atoms. The highest BCUT2D eigenvalue weighted by Crippen LogP contribution is 2.38. The second-order valence-electron chi connectivity index (χ2n) is 12.4. The lowest BCUT2D eigenvalue weighted by Crippen LogP contribution is -2.48. The van der Waals surface area contributed by atoms with Crippen LogP contribution < -0.4 is 14.2 Å². The van der Waals surface area contributed by atoms with Gasteiger partial charge in [-0.1, -0.05) is 54.6 Å². The number of hydrogen-bond acceptors (Lipinski definition) is 7. The fourth-order valence-corrected chi connectivity index (χ4v) is 6.66. The monoisotopic (exact) mass is 643 g/mol. The van der Waals surface area contributed by atoms with Crippen molar-refractivity contribution in [3.05, 3.63) is 96.1 Å². The predicted octanol–water partition coefficient (Wildman–Crippen LogP) is 8.73. The first-order chi connectivity index (χ1) is 22.3. The van der Waals surface area contributed by atoms with Crippen LogP contribution in [0.1, 0.15) is 50.7 Å². The van der Waals surface area contributed by atoms with Crippen molar-refractivity contribution in [2.45, 2.75) is 62.7 Å². The van der Waals surface area contributed by atoms with Crippen LogP contribution >= 0.6 is 11.8 Å². The van der Waals surface area contributed by atoms with Gasteiger partial charge in [0.1, 0.15) is 22.8 Å². The lowest BCUT2D eigenvalue weighted by molar-refractivity contribution is -0.0363. The van der Waals surface area contributed by atoms with Gasteiger partial charge >= 0.3 is 6.09 Å². The van der Waals surface area contributed by atoms with Crippen LogP contribution in [0.25, 0.3) is 10.8 Å². The van der Waals surface area contributed by atoms with E-state index >= 15 is 0 Å². The van der Waals surface area contributed by atoms with Gasteiger partial charge in [0.15, 0.2) is 0 Å². The number of rotatable bonds is 12. The number of fused-ring (bicyclic) bond motifs is 1. The molecular weight excluding hydrogens is 598 g/mol. The number of nitrogens with zero attached hydrogens (tertiary/aromatic N) is 1. The molecule has 0 aliphatic carbocycles. The Hall–Kier alpha value is -3.88. The van der Waals surface area contributed by atoms with E-state index in [0.717, 1.165) is 57.7 Å². The summed E-state index contributed by atoms with van der Waals surface area (Å²) in [6, 6.07) is 28.8. The fraction of sp³-hybridized carbons (Fsp3) is 0.395. The fourth-order valence-electron chi connectivity index (χ4n) is 5.81. The Morgan fingerprint density at radius 2 is 1.63 bits per heavy atom. The third-order valence-electron chi connectivity index (χ3n) is 8.00. The number of carbonyl (C=O) groups excluding carboxylic acids is 1. The maximum absolute atomic E-state index is 13.1. The molecule has 0 N–H and O–H groups in total. The summed E-state index contributed by atoms with van der Waals surface area (Å²) < 4.78 is 30.0. The first-order valence-electron chi connectivity index (χ1n) is 15.9. The number of hydrogen-bond donors (Lipinski definition) is 0. The molecule has 2 unspecified atom stereocenters. The van der Waals surface area contributed by atoms with Crippen molar-refractivity contribution in [2.75, 3.05) is 39.7 Å². The molecule has 2 atom stereocenters. The van der Waals surface area contributed by atoms with E-state index in [0.29, 0.717) is 26.3 Å². The maximum atomic E-state index is 13.1. The molecule has 1 aliphatic heterocycles. The molecule has 4 aromatic rings. The second-order valence-corrected chi connectivity index (χ2v) is 13.6. The van der Waals surface area contributed by atoms with Crippen molar-refractivity contribution < 1.29 is 28.5 Å². The summed E-state index contributed by atoms with van der Waals surface area (Å²) in [5.41, 5.74) is 1.47. The first kappa shape index (κ1) is 33.5. The number of likely N-dealkylation sites (tertiary alicyclic amines) is 1. The molecule has 0 aromatic heterocycles. The molecule has 1 heterocycles. The Kier molecular flexibility index (Phi) is 11.4. The molecule has 244 valence electrons. The minimum atomic E-state index is -0.574. The number of carbonyl (C=O) groups is 1. The smallest absolute Gasteiger partial charge is 0.410 e. The number of methoxy groups -OCH3 is 2. The normalized spacial score (nSPS) is 16.7. The van der Waals surface area contributed by atoms with Gasteiger partial charge in [-0.3, -0.25) is 0 Å². The maximum Gasteiger partial charge on any atom is 0.410 e. The van der Waals surface area contributed by atoms with Crippen molar-refractivity contribution in [3.8, 4) is 17.2 Å². The number of thioether (sulfide) groups is 1. The van der Waals surface area contributed by atoms with E-state index in [1.165, 1.54) is 4.90 Å². The van der Waals surface area contributed by atoms with Gasteiger partial charge in [0.2, 0.25) is 0 Å². The van der Waals surface area contributed by atoms with E-state index in [-0.39, 0.29) is 18.1 Å². The summed E-state index contributed by atoms with van der Waals surface area (Å²) in [5, 5.41) is 1.95. The van der Waals surface area contributed by atoms with Crippen molar-refractivity contribution in [3.63, 3.8) is 0 Å². The molecule has 1 saturated heterocycles. The third-order valence-corrected chi connectivity index (χ3v) is 9.10. The number of ether oxygens (including phenoxy) is 5. The van der Waals surface area contributed by atoms with E-state index in [2.05, 4.69) is 36.4 Å². The highest BCUT2D eigenvalue weighted by atomic mass is 32.2. The van der Waals surface area contributed by atoms with Crippen LogP contribution in [0.4, 0.5) is 4.79 Å². The molecule has 4 aromatic carbocycles. The molecule has 0 spiro atoms. The van der Waals surface area contributed by atoms with Crippen molar-refractivity contribution in [1.82, 2.24) is 4.90 Å². The number of amides is 1. The largest absolute Gasteiger partial charge is 0.496 e. The molecule has 0 saturated carbocycles. The van der Waals surface area contributed by atoms with E-state index < -0.39 is 5.60 Å². The molecule has 1 amide bonds. The average Bonchev–Trinajstić information content (AvgIpc) is 3.06. The van der Waals surface area contributed by atoms with Crippen molar-refractivity contribution in [2.24, 2.45) is 0 Å². The van der Waals surface area contributed by atoms with Crippen LogP contribution in [0.3, 0.4) is 0 Å². The SMILES string of the molecule is COc1cc(COC2CN(C(=O)OC(C)(C)C)CCC2c2ccc(OCCCSc3ccccc3)cc2)c(OC)c2ccccc12. The Morgan fingerprint density at radius 3 is 2.33 bits per heavy atom. The van der Waals surface area contributed by atoms with E-state index in [9.17, 15) is 4.79 Å². The Balaban J connectivity index is 1.28. The van der Waals surface area contributed by atoms with Crippen LogP contribution in [-0.4, -0.2) is 62.4 Å². The summed E-state index contributed by atoms with van der Waals surface area (Å²) >= 11 is 1.84. The third kappa shape index (κ3) is 8.68.